The van der Waals surface area contributed by atoms with E-state index >= 15 is 0 Å². The third-order valence-corrected chi connectivity index (χ3v) is 4.01. The molecule has 3 aromatic rings. The highest BCUT2D eigenvalue weighted by atomic mass is 127. The Morgan fingerprint density at radius 3 is 2.77 bits per heavy atom. The molecule has 22 heavy (non-hydrogen) atoms. The number of carboxylic acids is 1. The van der Waals surface area contributed by atoms with Crippen LogP contribution in [0.1, 0.15) is 15.9 Å². The van der Waals surface area contributed by atoms with Crippen LogP contribution in [0.3, 0.4) is 0 Å². The molecular formula is C16H12IN3O2. The Kier molecular flexibility index (Phi) is 3.93. The Bertz CT molecular complexity index is 880. The van der Waals surface area contributed by atoms with E-state index in [0.717, 1.165) is 25.7 Å². The van der Waals surface area contributed by atoms with Crippen molar-refractivity contribution in [2.75, 3.05) is 5.32 Å². The number of hydrogen-bond acceptors (Lipinski definition) is 4. The van der Waals surface area contributed by atoms with Crippen LogP contribution in [0.25, 0.3) is 10.9 Å². The number of aromatic carboxylic acids is 1. The predicted octanol–water partition coefficient (Wildman–Crippen LogP) is 3.98. The van der Waals surface area contributed by atoms with E-state index in [1.54, 1.807) is 18.2 Å². The fourth-order valence-electron chi connectivity index (χ4n) is 2.15. The van der Waals surface area contributed by atoms with Crippen molar-refractivity contribution >= 4 is 51.0 Å². The molecule has 0 radical (unpaired) electrons. The first-order valence-electron chi connectivity index (χ1n) is 6.56. The van der Waals surface area contributed by atoms with Gasteiger partial charge in [0.2, 0.25) is 0 Å². The molecule has 2 N–H and O–H groups in total. The summed E-state index contributed by atoms with van der Waals surface area (Å²) in [5, 5.41) is 13.2. The van der Waals surface area contributed by atoms with Crippen LogP contribution in [-0.2, 0) is 0 Å². The molecular weight excluding hydrogens is 393 g/mol. The van der Waals surface area contributed by atoms with Crippen LogP contribution in [0, 0.1) is 10.5 Å². The zero-order chi connectivity index (χ0) is 15.7. The first-order valence-corrected chi connectivity index (χ1v) is 7.64. The molecule has 0 bridgehead atoms. The van der Waals surface area contributed by atoms with E-state index in [0.29, 0.717) is 5.82 Å². The number of fused-ring (bicyclic) bond motifs is 1. The summed E-state index contributed by atoms with van der Waals surface area (Å²) >= 11 is 2.24. The van der Waals surface area contributed by atoms with Crippen LogP contribution < -0.4 is 5.32 Å². The summed E-state index contributed by atoms with van der Waals surface area (Å²) in [6.45, 7) is 1.92. The summed E-state index contributed by atoms with van der Waals surface area (Å²) in [7, 11) is 0. The van der Waals surface area contributed by atoms with Crippen molar-refractivity contribution in [3.8, 4) is 0 Å². The molecule has 0 fully saturated rings. The van der Waals surface area contributed by atoms with Crippen molar-refractivity contribution in [3.63, 3.8) is 0 Å². The first kappa shape index (κ1) is 14.7. The molecule has 2 aromatic carbocycles. The molecule has 6 heteroatoms. The second kappa shape index (κ2) is 5.88. The first-order chi connectivity index (χ1) is 10.5. The van der Waals surface area contributed by atoms with E-state index < -0.39 is 5.97 Å². The van der Waals surface area contributed by atoms with Gasteiger partial charge in [0.15, 0.2) is 0 Å². The molecule has 0 aliphatic rings. The summed E-state index contributed by atoms with van der Waals surface area (Å²) < 4.78 is 1.08. The van der Waals surface area contributed by atoms with Crippen molar-refractivity contribution in [1.29, 1.82) is 0 Å². The molecule has 1 aromatic heterocycles. The van der Waals surface area contributed by atoms with Gasteiger partial charge < -0.3 is 10.4 Å². The maximum atomic E-state index is 11.1. The fourth-order valence-corrected chi connectivity index (χ4v) is 2.64. The zero-order valence-electron chi connectivity index (χ0n) is 11.7. The van der Waals surface area contributed by atoms with Gasteiger partial charge in [0, 0.05) is 14.6 Å². The number of benzene rings is 2. The van der Waals surface area contributed by atoms with Gasteiger partial charge in [0.05, 0.1) is 11.1 Å². The standard InChI is InChI=1S/C16H12IN3O2/c1-9-2-3-10(16(21)22)6-14(9)20-15-12-7-11(17)4-5-13(12)18-8-19-15/h2-8H,1H3,(H,21,22)(H,18,19,20). The molecule has 0 saturated heterocycles. The lowest BCUT2D eigenvalue weighted by Crippen LogP contribution is -2.01. The second-order valence-corrected chi connectivity index (χ2v) is 6.09. The second-order valence-electron chi connectivity index (χ2n) is 4.84. The average Bonchev–Trinajstić information content (AvgIpc) is 2.49. The SMILES string of the molecule is Cc1ccc(C(=O)O)cc1Nc1ncnc2ccc(I)cc12. The topological polar surface area (TPSA) is 75.1 Å². The van der Waals surface area contributed by atoms with Gasteiger partial charge in [-0.25, -0.2) is 14.8 Å². The van der Waals surface area contributed by atoms with Gasteiger partial charge in [-0.1, -0.05) is 6.07 Å². The van der Waals surface area contributed by atoms with Gasteiger partial charge in [-0.15, -0.1) is 0 Å². The number of carboxylic acid groups (broad SMARTS) is 1. The average molecular weight is 405 g/mol. The lowest BCUT2D eigenvalue weighted by Gasteiger charge is -2.11. The van der Waals surface area contributed by atoms with E-state index in [2.05, 4.69) is 37.9 Å². The number of nitrogens with zero attached hydrogens (tertiary/aromatic N) is 2. The highest BCUT2D eigenvalue weighted by molar-refractivity contribution is 14.1. The maximum absolute atomic E-state index is 11.1. The van der Waals surface area contributed by atoms with E-state index in [4.69, 9.17) is 5.11 Å². The largest absolute Gasteiger partial charge is 0.478 e. The van der Waals surface area contributed by atoms with Crippen LogP contribution in [0.2, 0.25) is 0 Å². The summed E-state index contributed by atoms with van der Waals surface area (Å²) in [4.78, 5) is 19.6. The third-order valence-electron chi connectivity index (χ3n) is 3.33. The van der Waals surface area contributed by atoms with Gasteiger partial charge in [0.1, 0.15) is 12.1 Å². The number of aryl methyl sites for hydroxylation is 1. The van der Waals surface area contributed by atoms with Crippen molar-refractivity contribution in [1.82, 2.24) is 9.97 Å². The summed E-state index contributed by atoms with van der Waals surface area (Å²) in [5.41, 5.74) is 2.74. The van der Waals surface area contributed by atoms with E-state index in [9.17, 15) is 4.79 Å². The molecule has 0 aliphatic carbocycles. The van der Waals surface area contributed by atoms with Gasteiger partial charge in [-0.05, 0) is 65.4 Å². The Hall–Kier alpha value is -2.22. The highest BCUT2D eigenvalue weighted by Gasteiger charge is 2.09. The zero-order valence-corrected chi connectivity index (χ0v) is 13.8. The number of rotatable bonds is 3. The molecule has 0 spiro atoms. The Morgan fingerprint density at radius 2 is 2.00 bits per heavy atom. The molecule has 1 heterocycles. The lowest BCUT2D eigenvalue weighted by molar-refractivity contribution is 0.0697. The third kappa shape index (κ3) is 2.87. The Balaban J connectivity index is 2.09. The van der Waals surface area contributed by atoms with Crippen molar-refractivity contribution < 1.29 is 9.90 Å². The van der Waals surface area contributed by atoms with Crippen molar-refractivity contribution in [3.05, 3.63) is 57.4 Å². The summed E-state index contributed by atoms with van der Waals surface area (Å²) in [6.07, 6.45) is 1.49. The van der Waals surface area contributed by atoms with Crippen LogP contribution >= 0.6 is 22.6 Å². The monoisotopic (exact) mass is 405 g/mol. The number of halogens is 1. The molecule has 0 amide bonds. The summed E-state index contributed by atoms with van der Waals surface area (Å²) in [6, 6.07) is 10.9. The summed E-state index contributed by atoms with van der Waals surface area (Å²) in [5.74, 6) is -0.292. The number of nitrogens with one attached hydrogen (secondary N) is 1. The minimum atomic E-state index is -0.954. The molecule has 0 saturated carbocycles. The maximum Gasteiger partial charge on any atom is 0.335 e. The fraction of sp³-hybridized carbons (Fsp3) is 0.0625. The van der Waals surface area contributed by atoms with Gasteiger partial charge in [0.25, 0.3) is 0 Å². The van der Waals surface area contributed by atoms with Crippen LogP contribution in [0.4, 0.5) is 11.5 Å². The molecule has 3 rings (SSSR count). The van der Waals surface area contributed by atoms with Gasteiger partial charge in [-0.2, -0.15) is 0 Å². The van der Waals surface area contributed by atoms with E-state index in [-0.39, 0.29) is 5.56 Å². The molecule has 0 unspecified atom stereocenters. The quantitative estimate of drug-likeness (QED) is 0.645. The Morgan fingerprint density at radius 1 is 1.18 bits per heavy atom. The highest BCUT2D eigenvalue weighted by Crippen LogP contribution is 2.26. The van der Waals surface area contributed by atoms with Crippen molar-refractivity contribution in [2.45, 2.75) is 6.92 Å². The van der Waals surface area contributed by atoms with Crippen LogP contribution in [-0.4, -0.2) is 21.0 Å². The number of carbonyl (C=O) groups is 1. The van der Waals surface area contributed by atoms with E-state index in [1.165, 1.54) is 6.33 Å². The van der Waals surface area contributed by atoms with E-state index in [1.807, 2.05) is 25.1 Å². The smallest absolute Gasteiger partial charge is 0.335 e. The normalized spacial score (nSPS) is 10.6. The molecule has 110 valence electrons. The Labute approximate surface area is 140 Å². The van der Waals surface area contributed by atoms with Crippen LogP contribution in [0.15, 0.2) is 42.7 Å². The van der Waals surface area contributed by atoms with Crippen molar-refractivity contribution in [2.24, 2.45) is 0 Å². The predicted molar refractivity (Wildman–Crippen MR) is 93.7 cm³/mol. The minimum Gasteiger partial charge on any atom is -0.478 e. The number of aromatic nitrogens is 2. The van der Waals surface area contributed by atoms with Gasteiger partial charge in [-0.3, -0.25) is 0 Å². The molecule has 0 atom stereocenters. The van der Waals surface area contributed by atoms with Crippen LogP contribution in [0.5, 0.6) is 0 Å². The minimum absolute atomic E-state index is 0.237. The lowest BCUT2D eigenvalue weighted by atomic mass is 10.1. The molecule has 0 aliphatic heterocycles. The molecule has 5 nitrogen and oxygen atoms in total. The number of anilines is 2. The number of hydrogen-bond donors (Lipinski definition) is 2. The van der Waals surface area contributed by atoms with Gasteiger partial charge >= 0.3 is 5.97 Å².